The lowest BCUT2D eigenvalue weighted by atomic mass is 9.88. The molecule has 0 N–H and O–H groups in total. The Morgan fingerprint density at radius 2 is 2.26 bits per heavy atom. The standard InChI is InChI=1S/C15H22N2O2/c1-17-8-5-15(6-9-17)10-14(12-19-15)18-11-13-4-2-3-7-16-13/h2-4,7,14H,5-6,8-12H2,1H3/t14-/m1/s1. The Bertz CT molecular complexity index is 402. The third-order valence-corrected chi connectivity index (χ3v) is 4.27. The van der Waals surface area contributed by atoms with Crippen LogP contribution < -0.4 is 0 Å². The Hall–Kier alpha value is -0.970. The molecule has 19 heavy (non-hydrogen) atoms. The first kappa shape index (κ1) is 13.0. The number of hydrogen-bond acceptors (Lipinski definition) is 4. The van der Waals surface area contributed by atoms with Crippen molar-refractivity contribution in [2.45, 2.75) is 37.6 Å². The minimum absolute atomic E-state index is 0.0846. The van der Waals surface area contributed by atoms with Crippen molar-refractivity contribution in [3.05, 3.63) is 30.1 Å². The van der Waals surface area contributed by atoms with Crippen LogP contribution in [0.15, 0.2) is 24.4 Å². The van der Waals surface area contributed by atoms with Gasteiger partial charge in [-0.2, -0.15) is 0 Å². The highest BCUT2D eigenvalue weighted by molar-refractivity contribution is 5.02. The second kappa shape index (κ2) is 5.57. The fourth-order valence-electron chi connectivity index (χ4n) is 2.97. The van der Waals surface area contributed by atoms with Gasteiger partial charge in [0.2, 0.25) is 0 Å². The van der Waals surface area contributed by atoms with E-state index in [4.69, 9.17) is 9.47 Å². The first-order chi connectivity index (χ1) is 9.26. The van der Waals surface area contributed by atoms with Crippen LogP contribution in [0.25, 0.3) is 0 Å². The van der Waals surface area contributed by atoms with E-state index in [1.807, 2.05) is 24.4 Å². The number of rotatable bonds is 3. The van der Waals surface area contributed by atoms with Crippen LogP contribution in [-0.2, 0) is 16.1 Å². The zero-order chi connectivity index (χ0) is 13.1. The van der Waals surface area contributed by atoms with Gasteiger partial charge < -0.3 is 14.4 Å². The lowest BCUT2D eigenvalue weighted by molar-refractivity contribution is -0.0416. The molecule has 0 saturated carbocycles. The summed E-state index contributed by atoms with van der Waals surface area (Å²) in [5, 5.41) is 0. The summed E-state index contributed by atoms with van der Waals surface area (Å²) in [6, 6.07) is 5.92. The first-order valence-electron chi connectivity index (χ1n) is 7.10. The molecule has 0 bridgehead atoms. The molecule has 3 rings (SSSR count). The molecule has 4 nitrogen and oxygen atoms in total. The SMILES string of the molecule is CN1CCC2(CC1)C[C@@H](OCc1ccccn1)CO2. The number of likely N-dealkylation sites (tertiary alicyclic amines) is 1. The van der Waals surface area contributed by atoms with E-state index in [1.165, 1.54) is 0 Å². The van der Waals surface area contributed by atoms with Crippen LogP contribution in [0.1, 0.15) is 25.0 Å². The lowest BCUT2D eigenvalue weighted by Gasteiger charge is -2.36. The molecule has 0 unspecified atom stereocenters. The van der Waals surface area contributed by atoms with Gasteiger partial charge in [0.05, 0.1) is 30.6 Å². The van der Waals surface area contributed by atoms with Crippen molar-refractivity contribution in [1.29, 1.82) is 0 Å². The van der Waals surface area contributed by atoms with Crippen LogP contribution >= 0.6 is 0 Å². The molecule has 2 aliphatic rings. The van der Waals surface area contributed by atoms with Crippen molar-refractivity contribution in [3.8, 4) is 0 Å². The van der Waals surface area contributed by atoms with Crippen LogP contribution in [-0.4, -0.2) is 48.3 Å². The molecule has 0 aromatic carbocycles. The van der Waals surface area contributed by atoms with Crippen LogP contribution in [0, 0.1) is 0 Å². The predicted octanol–water partition coefficient (Wildman–Crippen LogP) is 1.85. The molecular formula is C15H22N2O2. The van der Waals surface area contributed by atoms with Crippen molar-refractivity contribution < 1.29 is 9.47 Å². The van der Waals surface area contributed by atoms with E-state index >= 15 is 0 Å². The molecule has 0 radical (unpaired) electrons. The van der Waals surface area contributed by atoms with Crippen LogP contribution in [0.4, 0.5) is 0 Å². The smallest absolute Gasteiger partial charge is 0.0892 e. The molecule has 0 aliphatic carbocycles. The van der Waals surface area contributed by atoms with E-state index < -0.39 is 0 Å². The fraction of sp³-hybridized carbons (Fsp3) is 0.667. The van der Waals surface area contributed by atoms with Gasteiger partial charge >= 0.3 is 0 Å². The third kappa shape index (κ3) is 3.14. The minimum atomic E-state index is 0.0846. The van der Waals surface area contributed by atoms with E-state index in [2.05, 4.69) is 16.9 Å². The molecule has 1 spiro atoms. The van der Waals surface area contributed by atoms with Gasteiger partial charge in [0.15, 0.2) is 0 Å². The first-order valence-corrected chi connectivity index (χ1v) is 7.10. The van der Waals surface area contributed by atoms with Crippen molar-refractivity contribution in [1.82, 2.24) is 9.88 Å². The average Bonchev–Trinajstić information content (AvgIpc) is 2.85. The molecular weight excluding hydrogens is 240 g/mol. The zero-order valence-electron chi connectivity index (χ0n) is 11.5. The number of aromatic nitrogens is 1. The summed E-state index contributed by atoms with van der Waals surface area (Å²) < 4.78 is 12.0. The van der Waals surface area contributed by atoms with Gasteiger partial charge in [-0.05, 0) is 32.0 Å². The van der Waals surface area contributed by atoms with Gasteiger partial charge in [0.1, 0.15) is 0 Å². The average molecular weight is 262 g/mol. The molecule has 0 amide bonds. The van der Waals surface area contributed by atoms with Gasteiger partial charge in [-0.25, -0.2) is 0 Å². The number of hydrogen-bond donors (Lipinski definition) is 0. The molecule has 2 fully saturated rings. The number of nitrogens with zero attached hydrogens (tertiary/aromatic N) is 2. The third-order valence-electron chi connectivity index (χ3n) is 4.27. The Kier molecular flexibility index (Phi) is 3.82. The van der Waals surface area contributed by atoms with Gasteiger partial charge in [-0.15, -0.1) is 0 Å². The van der Waals surface area contributed by atoms with Crippen molar-refractivity contribution in [3.63, 3.8) is 0 Å². The zero-order valence-corrected chi connectivity index (χ0v) is 11.5. The maximum Gasteiger partial charge on any atom is 0.0892 e. The predicted molar refractivity (Wildman–Crippen MR) is 72.8 cm³/mol. The highest BCUT2D eigenvalue weighted by atomic mass is 16.6. The minimum Gasteiger partial charge on any atom is -0.372 e. The van der Waals surface area contributed by atoms with Gasteiger partial charge in [-0.3, -0.25) is 4.98 Å². The van der Waals surface area contributed by atoms with Crippen LogP contribution in [0.5, 0.6) is 0 Å². The molecule has 2 saturated heterocycles. The Balaban J connectivity index is 1.49. The van der Waals surface area contributed by atoms with Gasteiger partial charge in [-0.1, -0.05) is 6.07 Å². The second-order valence-electron chi connectivity index (χ2n) is 5.76. The highest BCUT2D eigenvalue weighted by Gasteiger charge is 2.42. The molecule has 104 valence electrons. The number of piperidine rings is 1. The van der Waals surface area contributed by atoms with Gasteiger partial charge in [0, 0.05) is 25.7 Å². The topological polar surface area (TPSA) is 34.6 Å². The van der Waals surface area contributed by atoms with Gasteiger partial charge in [0.25, 0.3) is 0 Å². The molecule has 4 heteroatoms. The maximum atomic E-state index is 6.06. The van der Waals surface area contributed by atoms with Crippen molar-refractivity contribution in [2.75, 3.05) is 26.7 Å². The van der Waals surface area contributed by atoms with Crippen molar-refractivity contribution in [2.24, 2.45) is 0 Å². The normalized spacial score (nSPS) is 26.9. The summed E-state index contributed by atoms with van der Waals surface area (Å²) in [6.07, 6.45) is 5.33. The van der Waals surface area contributed by atoms with Crippen LogP contribution in [0.2, 0.25) is 0 Å². The molecule has 1 aromatic rings. The summed E-state index contributed by atoms with van der Waals surface area (Å²) in [6.45, 7) is 3.58. The van der Waals surface area contributed by atoms with E-state index in [0.717, 1.165) is 44.7 Å². The van der Waals surface area contributed by atoms with E-state index in [1.54, 1.807) is 0 Å². The van der Waals surface area contributed by atoms with E-state index in [-0.39, 0.29) is 11.7 Å². The van der Waals surface area contributed by atoms with E-state index in [0.29, 0.717) is 6.61 Å². The quantitative estimate of drug-likeness (QED) is 0.832. The van der Waals surface area contributed by atoms with Crippen LogP contribution in [0.3, 0.4) is 0 Å². The largest absolute Gasteiger partial charge is 0.372 e. The highest BCUT2D eigenvalue weighted by Crippen LogP contribution is 2.36. The summed E-state index contributed by atoms with van der Waals surface area (Å²) in [5.74, 6) is 0. The van der Waals surface area contributed by atoms with Crippen molar-refractivity contribution >= 4 is 0 Å². The fourth-order valence-corrected chi connectivity index (χ4v) is 2.97. The monoisotopic (exact) mass is 262 g/mol. The Labute approximate surface area is 114 Å². The van der Waals surface area contributed by atoms with E-state index in [9.17, 15) is 0 Å². The molecule has 1 aromatic heterocycles. The molecule has 2 aliphatic heterocycles. The Morgan fingerprint density at radius 1 is 1.42 bits per heavy atom. The number of pyridine rings is 1. The summed E-state index contributed by atoms with van der Waals surface area (Å²) in [4.78, 5) is 6.65. The lowest BCUT2D eigenvalue weighted by Crippen LogP contribution is -2.42. The Morgan fingerprint density at radius 3 is 3.00 bits per heavy atom. The summed E-state index contributed by atoms with van der Waals surface area (Å²) in [7, 11) is 2.18. The summed E-state index contributed by atoms with van der Waals surface area (Å²) >= 11 is 0. The number of ether oxygens (including phenoxy) is 2. The molecule has 1 atom stereocenters. The molecule has 3 heterocycles. The second-order valence-corrected chi connectivity index (χ2v) is 5.76. The summed E-state index contributed by atoms with van der Waals surface area (Å²) in [5.41, 5.74) is 1.08. The maximum absolute atomic E-state index is 6.06.